The highest BCUT2D eigenvalue weighted by atomic mass is 32.1. The quantitative estimate of drug-likeness (QED) is 0.421. The predicted octanol–water partition coefficient (Wildman–Crippen LogP) is 5.45. The van der Waals surface area contributed by atoms with Gasteiger partial charge in [0.1, 0.15) is 5.01 Å². The lowest BCUT2D eigenvalue weighted by Gasteiger charge is -2.05. The maximum absolute atomic E-state index is 12.3. The number of amides is 1. The summed E-state index contributed by atoms with van der Waals surface area (Å²) in [5, 5.41) is 9.08. The number of aromatic nitrogens is 2. The van der Waals surface area contributed by atoms with Gasteiger partial charge in [-0.2, -0.15) is 0 Å². The van der Waals surface area contributed by atoms with Crippen LogP contribution < -0.4 is 5.32 Å². The number of hydrogen-bond donors (Lipinski definition) is 1. The minimum atomic E-state index is 0.00524. The van der Waals surface area contributed by atoms with Gasteiger partial charge in [-0.3, -0.25) is 4.79 Å². The minimum Gasteiger partial charge on any atom is -0.355 e. The van der Waals surface area contributed by atoms with Crippen molar-refractivity contribution in [3.8, 4) is 21.8 Å². The highest BCUT2D eigenvalue weighted by molar-refractivity contribution is 7.13. The molecule has 0 unspecified atom stereocenters. The van der Waals surface area contributed by atoms with E-state index in [1.807, 2.05) is 18.4 Å². The molecule has 1 amide bonds. The third kappa shape index (κ3) is 5.20. The van der Waals surface area contributed by atoms with Crippen LogP contribution in [0.4, 0.5) is 0 Å². The summed E-state index contributed by atoms with van der Waals surface area (Å²) in [6.07, 6.45) is 1.11. The summed E-state index contributed by atoms with van der Waals surface area (Å²) < 4.78 is 0. The van der Waals surface area contributed by atoms with Gasteiger partial charge in [0.15, 0.2) is 0 Å². The maximum Gasteiger partial charge on any atom is 0.226 e. The molecule has 0 spiro atoms. The fourth-order valence-electron chi connectivity index (χ4n) is 3.21. The van der Waals surface area contributed by atoms with E-state index in [4.69, 9.17) is 0 Å². The molecular formula is C24H23N3OS2. The first kappa shape index (κ1) is 20.4. The van der Waals surface area contributed by atoms with E-state index in [9.17, 15) is 4.79 Å². The Balaban J connectivity index is 1.26. The first-order chi connectivity index (χ1) is 14.6. The molecule has 2 heterocycles. The Kier molecular flexibility index (Phi) is 6.35. The monoisotopic (exact) mass is 433 g/mol. The van der Waals surface area contributed by atoms with Gasteiger partial charge in [0.25, 0.3) is 0 Å². The number of rotatable bonds is 7. The first-order valence-corrected chi connectivity index (χ1v) is 11.6. The molecule has 0 aliphatic heterocycles. The van der Waals surface area contributed by atoms with E-state index in [1.165, 1.54) is 11.1 Å². The fraction of sp³-hybridized carbons (Fsp3) is 0.208. The number of nitrogens with one attached hydrogen (secondary N) is 1. The van der Waals surface area contributed by atoms with Crippen molar-refractivity contribution in [1.29, 1.82) is 0 Å². The number of benzene rings is 2. The highest BCUT2D eigenvalue weighted by Gasteiger charge is 2.09. The van der Waals surface area contributed by atoms with Gasteiger partial charge in [0.2, 0.25) is 5.91 Å². The molecule has 0 saturated carbocycles. The summed E-state index contributed by atoms with van der Waals surface area (Å²) in [6.45, 7) is 4.70. The number of aryl methyl sites for hydroxylation is 2. The predicted molar refractivity (Wildman–Crippen MR) is 125 cm³/mol. The van der Waals surface area contributed by atoms with Crippen molar-refractivity contribution in [2.24, 2.45) is 0 Å². The van der Waals surface area contributed by atoms with Crippen LogP contribution >= 0.6 is 22.7 Å². The molecule has 4 nitrogen and oxygen atoms in total. The number of hydrogen-bond acceptors (Lipinski definition) is 5. The number of thiazole rings is 2. The van der Waals surface area contributed by atoms with Gasteiger partial charge in [0, 0.05) is 28.4 Å². The Morgan fingerprint density at radius 1 is 0.967 bits per heavy atom. The van der Waals surface area contributed by atoms with Crippen molar-refractivity contribution < 1.29 is 4.79 Å². The highest BCUT2D eigenvalue weighted by Crippen LogP contribution is 2.25. The average molecular weight is 434 g/mol. The van der Waals surface area contributed by atoms with Crippen LogP contribution in [-0.2, 0) is 17.6 Å². The van der Waals surface area contributed by atoms with Gasteiger partial charge in [-0.05, 0) is 31.9 Å². The molecule has 0 atom stereocenters. The summed E-state index contributed by atoms with van der Waals surface area (Å²) in [4.78, 5) is 21.4. The van der Waals surface area contributed by atoms with Crippen molar-refractivity contribution in [2.75, 3.05) is 6.54 Å². The van der Waals surface area contributed by atoms with E-state index in [1.54, 1.807) is 22.7 Å². The Morgan fingerprint density at radius 3 is 2.53 bits per heavy atom. The van der Waals surface area contributed by atoms with Crippen molar-refractivity contribution in [3.05, 3.63) is 81.1 Å². The summed E-state index contributed by atoms with van der Waals surface area (Å²) >= 11 is 3.24. The molecule has 2 aromatic carbocycles. The second-order valence-corrected chi connectivity index (χ2v) is 9.16. The van der Waals surface area contributed by atoms with E-state index in [2.05, 4.69) is 70.1 Å². The SMILES string of the molecule is Cc1cccc(-c2nc(CC(=O)NCCc3ccc(-c4csc(C)n4)cc3)cs2)c1. The molecule has 0 aliphatic rings. The molecular weight excluding hydrogens is 410 g/mol. The van der Waals surface area contributed by atoms with Crippen LogP contribution in [0.3, 0.4) is 0 Å². The zero-order valence-electron chi connectivity index (χ0n) is 17.0. The standard InChI is InChI=1S/C24H23N3OS2/c1-16-4-3-5-20(12-16)24-27-21(14-30-24)13-23(28)25-11-10-18-6-8-19(9-7-18)22-15-29-17(2)26-22/h3-9,12,14-15H,10-11,13H2,1-2H3,(H,25,28). The normalized spacial score (nSPS) is 10.9. The molecule has 4 aromatic rings. The number of carbonyl (C=O) groups is 1. The molecule has 0 saturated heterocycles. The van der Waals surface area contributed by atoms with Crippen molar-refractivity contribution in [1.82, 2.24) is 15.3 Å². The maximum atomic E-state index is 12.3. The van der Waals surface area contributed by atoms with Crippen LogP contribution in [0, 0.1) is 13.8 Å². The van der Waals surface area contributed by atoms with E-state index >= 15 is 0 Å². The van der Waals surface area contributed by atoms with Crippen LogP contribution in [-0.4, -0.2) is 22.4 Å². The van der Waals surface area contributed by atoms with E-state index in [-0.39, 0.29) is 5.91 Å². The van der Waals surface area contributed by atoms with Crippen LogP contribution in [0.1, 0.15) is 21.8 Å². The summed E-state index contributed by atoms with van der Waals surface area (Å²) in [6, 6.07) is 16.7. The van der Waals surface area contributed by atoms with Gasteiger partial charge in [-0.1, -0.05) is 48.0 Å². The lowest BCUT2D eigenvalue weighted by Crippen LogP contribution is -2.27. The molecule has 0 aliphatic carbocycles. The van der Waals surface area contributed by atoms with Crippen LogP contribution in [0.15, 0.2) is 59.3 Å². The van der Waals surface area contributed by atoms with Crippen molar-refractivity contribution in [3.63, 3.8) is 0 Å². The van der Waals surface area contributed by atoms with Gasteiger partial charge in [-0.25, -0.2) is 9.97 Å². The lowest BCUT2D eigenvalue weighted by molar-refractivity contribution is -0.120. The Bertz CT molecular complexity index is 1150. The smallest absolute Gasteiger partial charge is 0.226 e. The summed E-state index contributed by atoms with van der Waals surface area (Å²) in [5.74, 6) is 0.00524. The van der Waals surface area contributed by atoms with Crippen molar-refractivity contribution >= 4 is 28.6 Å². The van der Waals surface area contributed by atoms with Gasteiger partial charge < -0.3 is 5.32 Å². The molecule has 0 bridgehead atoms. The fourth-order valence-corrected chi connectivity index (χ4v) is 4.65. The first-order valence-electron chi connectivity index (χ1n) is 9.86. The zero-order chi connectivity index (χ0) is 20.9. The molecule has 4 rings (SSSR count). The molecule has 1 N–H and O–H groups in total. The number of carbonyl (C=O) groups excluding carboxylic acids is 1. The van der Waals surface area contributed by atoms with E-state index < -0.39 is 0 Å². The Morgan fingerprint density at radius 2 is 1.80 bits per heavy atom. The molecule has 30 heavy (non-hydrogen) atoms. The molecule has 0 fully saturated rings. The van der Waals surface area contributed by atoms with Crippen LogP contribution in [0.5, 0.6) is 0 Å². The van der Waals surface area contributed by atoms with E-state index in [0.29, 0.717) is 13.0 Å². The lowest BCUT2D eigenvalue weighted by atomic mass is 10.1. The minimum absolute atomic E-state index is 0.00524. The summed E-state index contributed by atoms with van der Waals surface area (Å²) in [7, 11) is 0. The number of nitrogens with zero attached hydrogens (tertiary/aromatic N) is 2. The Labute approximate surface area is 184 Å². The second kappa shape index (κ2) is 9.32. The third-order valence-electron chi connectivity index (χ3n) is 4.76. The van der Waals surface area contributed by atoms with Gasteiger partial charge in [0.05, 0.1) is 22.8 Å². The Hall–Kier alpha value is -2.83. The molecule has 152 valence electrons. The largest absolute Gasteiger partial charge is 0.355 e. The van der Waals surface area contributed by atoms with Gasteiger partial charge >= 0.3 is 0 Å². The zero-order valence-corrected chi connectivity index (χ0v) is 18.6. The summed E-state index contributed by atoms with van der Waals surface area (Å²) in [5.41, 5.74) is 6.46. The van der Waals surface area contributed by atoms with Crippen LogP contribution in [0.25, 0.3) is 21.8 Å². The topological polar surface area (TPSA) is 54.9 Å². The van der Waals surface area contributed by atoms with Gasteiger partial charge in [-0.15, -0.1) is 22.7 Å². The molecule has 6 heteroatoms. The van der Waals surface area contributed by atoms with Crippen molar-refractivity contribution in [2.45, 2.75) is 26.7 Å². The molecule has 0 radical (unpaired) electrons. The molecule has 2 aromatic heterocycles. The van der Waals surface area contributed by atoms with E-state index in [0.717, 1.165) is 39.0 Å². The second-order valence-electron chi connectivity index (χ2n) is 7.24. The van der Waals surface area contributed by atoms with Crippen LogP contribution in [0.2, 0.25) is 0 Å². The average Bonchev–Trinajstić information content (AvgIpc) is 3.38. The third-order valence-corrected chi connectivity index (χ3v) is 6.48.